The molecule has 0 aromatic carbocycles. The van der Waals surface area contributed by atoms with Crippen LogP contribution in [0.15, 0.2) is 18.3 Å². The lowest BCUT2D eigenvalue weighted by Gasteiger charge is -2.33. The quantitative estimate of drug-likeness (QED) is 0.446. The Kier molecular flexibility index (Phi) is 10.2. The van der Waals surface area contributed by atoms with Crippen molar-refractivity contribution in [3.05, 3.63) is 24.0 Å². The van der Waals surface area contributed by atoms with E-state index in [0.717, 1.165) is 19.6 Å². The first-order chi connectivity index (χ1) is 15.0. The van der Waals surface area contributed by atoms with Gasteiger partial charge < -0.3 is 30.5 Å². The molecule has 2 fully saturated rings. The molecule has 2 aliphatic rings. The maximum Gasteiger partial charge on any atom is 0.290 e. The Bertz CT molecular complexity index is 726. The minimum atomic E-state index is -0.752. The average Bonchev–Trinajstić information content (AvgIpc) is 3.29. The zero-order valence-corrected chi connectivity index (χ0v) is 17.8. The van der Waals surface area contributed by atoms with Gasteiger partial charge in [-0.3, -0.25) is 19.4 Å². The molecule has 0 radical (unpaired) electrons. The van der Waals surface area contributed by atoms with Crippen LogP contribution in [-0.2, 0) is 9.59 Å². The van der Waals surface area contributed by atoms with Gasteiger partial charge in [0.05, 0.1) is 19.3 Å². The van der Waals surface area contributed by atoms with Crippen molar-refractivity contribution >= 4 is 18.3 Å². The number of aliphatic hydroxyl groups excluding tert-OH is 1. The summed E-state index contributed by atoms with van der Waals surface area (Å²) >= 11 is 0. The Hall–Kier alpha value is -2.72. The van der Waals surface area contributed by atoms with Gasteiger partial charge in [-0.15, -0.1) is 0 Å². The molecule has 3 rings (SSSR count). The molecule has 1 aliphatic heterocycles. The SMILES string of the molecule is COc1ccnc(C(=O)N[C@H]2CC[C@H](C(=O)NCCN3CCCC3)C[C@@H]2O)c1.O=CO. The van der Waals surface area contributed by atoms with Crippen molar-refractivity contribution in [3.63, 3.8) is 0 Å². The number of amides is 2. The fraction of sp³-hybridized carbons (Fsp3) is 0.619. The Balaban J connectivity index is 0.00000107. The van der Waals surface area contributed by atoms with E-state index in [1.165, 1.54) is 26.1 Å². The van der Waals surface area contributed by atoms with Crippen LogP contribution in [0, 0.1) is 5.92 Å². The highest BCUT2D eigenvalue weighted by Gasteiger charge is 2.33. The molecule has 0 unspecified atom stereocenters. The molecule has 2 amide bonds. The zero-order chi connectivity index (χ0) is 22.6. The maximum absolute atomic E-state index is 12.4. The van der Waals surface area contributed by atoms with Gasteiger partial charge in [0.15, 0.2) is 0 Å². The number of hydrogen-bond donors (Lipinski definition) is 4. The van der Waals surface area contributed by atoms with E-state index in [9.17, 15) is 14.7 Å². The molecule has 3 atom stereocenters. The monoisotopic (exact) mass is 436 g/mol. The summed E-state index contributed by atoms with van der Waals surface area (Å²) in [6.07, 6.45) is 4.78. The Morgan fingerprint density at radius 3 is 2.68 bits per heavy atom. The predicted molar refractivity (Wildman–Crippen MR) is 113 cm³/mol. The summed E-state index contributed by atoms with van der Waals surface area (Å²) in [6.45, 7) is 3.50. The van der Waals surface area contributed by atoms with Gasteiger partial charge in [-0.2, -0.15) is 0 Å². The number of rotatable bonds is 7. The topological polar surface area (TPSA) is 141 Å². The van der Waals surface area contributed by atoms with E-state index in [2.05, 4.69) is 20.5 Å². The molecule has 0 spiro atoms. The minimum absolute atomic E-state index is 0.00233. The van der Waals surface area contributed by atoms with Crippen molar-refractivity contribution < 1.29 is 29.3 Å². The Labute approximate surface area is 182 Å². The summed E-state index contributed by atoms with van der Waals surface area (Å²) in [5.41, 5.74) is 0.244. The summed E-state index contributed by atoms with van der Waals surface area (Å²) in [5.74, 6) is -0.0133. The molecule has 4 N–H and O–H groups in total. The molecule has 1 aromatic heterocycles. The van der Waals surface area contributed by atoms with Crippen LogP contribution in [-0.4, -0.2) is 83.8 Å². The molecular formula is C21H32N4O6. The van der Waals surface area contributed by atoms with Gasteiger partial charge in [0.2, 0.25) is 5.91 Å². The van der Waals surface area contributed by atoms with Crippen LogP contribution in [0.1, 0.15) is 42.6 Å². The summed E-state index contributed by atoms with van der Waals surface area (Å²) in [6, 6.07) is 2.84. The highest BCUT2D eigenvalue weighted by Crippen LogP contribution is 2.25. The molecule has 2 heterocycles. The van der Waals surface area contributed by atoms with Crippen LogP contribution in [0.3, 0.4) is 0 Å². The molecule has 1 aliphatic carbocycles. The molecule has 31 heavy (non-hydrogen) atoms. The second-order valence-corrected chi connectivity index (χ2v) is 7.68. The average molecular weight is 437 g/mol. The fourth-order valence-electron chi connectivity index (χ4n) is 3.95. The van der Waals surface area contributed by atoms with Crippen LogP contribution in [0.2, 0.25) is 0 Å². The van der Waals surface area contributed by atoms with Crippen molar-refractivity contribution in [2.45, 2.75) is 44.2 Å². The highest BCUT2D eigenvalue weighted by molar-refractivity contribution is 5.92. The standard InChI is InChI=1S/C20H30N4O4.CH2O2/c1-28-15-6-7-21-17(13-15)20(27)23-16-5-4-14(12-18(16)25)19(26)22-8-11-24-9-2-3-10-24;2-1-3/h6-7,13-14,16,18,25H,2-5,8-12H2,1H3,(H,22,26)(H,23,27);1H,(H,2,3)/t14-,16-,18-;/m0./s1. The van der Waals surface area contributed by atoms with Crippen LogP contribution in [0.25, 0.3) is 0 Å². The normalized spacial score (nSPS) is 23.2. The van der Waals surface area contributed by atoms with Crippen molar-refractivity contribution in [3.8, 4) is 5.75 Å². The van der Waals surface area contributed by atoms with E-state index in [1.807, 2.05) is 0 Å². The first kappa shape index (κ1) is 24.5. The first-order valence-electron chi connectivity index (χ1n) is 10.5. The minimum Gasteiger partial charge on any atom is -0.497 e. The third-order valence-electron chi connectivity index (χ3n) is 5.63. The van der Waals surface area contributed by atoms with Crippen molar-refractivity contribution in [1.29, 1.82) is 0 Å². The van der Waals surface area contributed by atoms with Crippen molar-refractivity contribution in [2.24, 2.45) is 5.92 Å². The smallest absolute Gasteiger partial charge is 0.290 e. The zero-order valence-electron chi connectivity index (χ0n) is 17.8. The number of carboxylic acid groups (broad SMARTS) is 1. The van der Waals surface area contributed by atoms with Crippen LogP contribution >= 0.6 is 0 Å². The van der Waals surface area contributed by atoms with Crippen molar-refractivity contribution in [1.82, 2.24) is 20.5 Å². The van der Waals surface area contributed by atoms with Gasteiger partial charge >= 0.3 is 0 Å². The Morgan fingerprint density at radius 2 is 2.03 bits per heavy atom. The number of pyridine rings is 1. The van der Waals surface area contributed by atoms with Gasteiger partial charge in [-0.1, -0.05) is 0 Å². The number of nitrogens with one attached hydrogen (secondary N) is 2. The second-order valence-electron chi connectivity index (χ2n) is 7.68. The highest BCUT2D eigenvalue weighted by atomic mass is 16.5. The van der Waals surface area contributed by atoms with Crippen LogP contribution < -0.4 is 15.4 Å². The number of ether oxygens (including phenoxy) is 1. The number of carbonyl (C=O) groups is 3. The maximum atomic E-state index is 12.4. The summed E-state index contributed by atoms with van der Waals surface area (Å²) in [5, 5.41) is 23.1. The summed E-state index contributed by atoms with van der Waals surface area (Å²) in [7, 11) is 1.53. The first-order valence-corrected chi connectivity index (χ1v) is 10.5. The number of carbonyl (C=O) groups excluding carboxylic acids is 2. The van der Waals surface area contributed by atoms with E-state index in [-0.39, 0.29) is 35.9 Å². The van der Waals surface area contributed by atoms with Gasteiger partial charge in [0, 0.05) is 31.3 Å². The van der Waals surface area contributed by atoms with E-state index in [0.29, 0.717) is 31.6 Å². The third-order valence-corrected chi connectivity index (χ3v) is 5.63. The largest absolute Gasteiger partial charge is 0.497 e. The molecular weight excluding hydrogens is 404 g/mol. The Morgan fingerprint density at radius 1 is 1.32 bits per heavy atom. The molecule has 10 heteroatoms. The molecule has 10 nitrogen and oxygen atoms in total. The predicted octanol–water partition coefficient (Wildman–Crippen LogP) is 0.262. The summed E-state index contributed by atoms with van der Waals surface area (Å²) < 4.78 is 5.10. The number of aliphatic hydroxyl groups is 1. The van der Waals surface area contributed by atoms with E-state index < -0.39 is 6.10 Å². The molecule has 1 saturated heterocycles. The summed E-state index contributed by atoms with van der Waals surface area (Å²) in [4.78, 5) is 39.5. The van der Waals surface area contributed by atoms with E-state index in [4.69, 9.17) is 14.6 Å². The lowest BCUT2D eigenvalue weighted by Crippen LogP contribution is -2.49. The second kappa shape index (κ2) is 12.9. The number of methoxy groups -OCH3 is 1. The number of aromatic nitrogens is 1. The molecule has 1 saturated carbocycles. The number of likely N-dealkylation sites (tertiary alicyclic amines) is 1. The molecule has 0 bridgehead atoms. The van der Waals surface area contributed by atoms with Gasteiger partial charge in [-0.25, -0.2) is 0 Å². The number of hydrogen-bond acceptors (Lipinski definition) is 7. The molecule has 172 valence electrons. The van der Waals surface area contributed by atoms with Gasteiger partial charge in [-0.05, 0) is 51.3 Å². The van der Waals surface area contributed by atoms with Gasteiger partial charge in [0.25, 0.3) is 12.4 Å². The van der Waals surface area contributed by atoms with E-state index in [1.54, 1.807) is 12.1 Å². The fourth-order valence-corrected chi connectivity index (χ4v) is 3.95. The lowest BCUT2D eigenvalue weighted by molar-refractivity contribution is -0.127. The van der Waals surface area contributed by atoms with Gasteiger partial charge in [0.1, 0.15) is 11.4 Å². The lowest BCUT2D eigenvalue weighted by atomic mass is 9.83. The molecule has 1 aromatic rings. The third kappa shape index (κ3) is 7.80. The number of nitrogens with zero attached hydrogens (tertiary/aromatic N) is 2. The van der Waals surface area contributed by atoms with Crippen LogP contribution in [0.5, 0.6) is 5.75 Å². The van der Waals surface area contributed by atoms with Crippen molar-refractivity contribution in [2.75, 3.05) is 33.3 Å². The van der Waals surface area contributed by atoms with E-state index >= 15 is 0 Å². The van der Waals surface area contributed by atoms with Crippen LogP contribution in [0.4, 0.5) is 0 Å².